The first-order valence-corrected chi connectivity index (χ1v) is 6.35. The molecular weight excluding hydrogens is 226 g/mol. The predicted molar refractivity (Wildman–Crippen MR) is 71.1 cm³/mol. The minimum absolute atomic E-state index is 0.295. The predicted octanol–water partition coefficient (Wildman–Crippen LogP) is 1.80. The Hall–Kier alpha value is -1.62. The van der Waals surface area contributed by atoms with Gasteiger partial charge in [-0.2, -0.15) is 10.2 Å². The van der Waals surface area contributed by atoms with Crippen LogP contribution in [0.4, 0.5) is 0 Å². The van der Waals surface area contributed by atoms with Crippen LogP contribution in [0.25, 0.3) is 0 Å². The number of aromatic nitrogens is 4. The maximum absolute atomic E-state index is 4.36. The summed E-state index contributed by atoms with van der Waals surface area (Å²) in [5.74, 6) is 0. The monoisotopic (exact) mass is 247 g/mol. The van der Waals surface area contributed by atoms with Crippen molar-refractivity contribution in [1.29, 1.82) is 0 Å². The average Bonchev–Trinajstić information content (AvgIpc) is 2.92. The number of nitrogens with one attached hydrogen (secondary N) is 1. The van der Waals surface area contributed by atoms with Crippen molar-refractivity contribution >= 4 is 0 Å². The molecule has 1 N–H and O–H groups in total. The van der Waals surface area contributed by atoms with Crippen LogP contribution in [-0.2, 0) is 20.1 Å². The van der Waals surface area contributed by atoms with Crippen molar-refractivity contribution in [2.45, 2.75) is 39.9 Å². The zero-order chi connectivity index (χ0) is 13.1. The Morgan fingerprint density at radius 1 is 1.39 bits per heavy atom. The fourth-order valence-corrected chi connectivity index (χ4v) is 2.09. The van der Waals surface area contributed by atoms with Gasteiger partial charge in [-0.05, 0) is 20.8 Å². The number of nitrogens with zero attached hydrogens (tertiary/aromatic N) is 4. The lowest BCUT2D eigenvalue weighted by molar-refractivity contribution is 0.571. The second-order valence-electron chi connectivity index (χ2n) is 4.65. The van der Waals surface area contributed by atoms with Crippen LogP contribution < -0.4 is 5.32 Å². The summed E-state index contributed by atoms with van der Waals surface area (Å²) in [4.78, 5) is 0. The molecule has 1 atom stereocenters. The van der Waals surface area contributed by atoms with E-state index in [-0.39, 0.29) is 0 Å². The van der Waals surface area contributed by atoms with Crippen molar-refractivity contribution in [1.82, 2.24) is 24.9 Å². The number of rotatable bonds is 5. The van der Waals surface area contributed by atoms with Crippen LogP contribution in [0.15, 0.2) is 18.6 Å². The summed E-state index contributed by atoms with van der Waals surface area (Å²) < 4.78 is 3.80. The zero-order valence-corrected chi connectivity index (χ0v) is 11.5. The van der Waals surface area contributed by atoms with E-state index in [4.69, 9.17) is 0 Å². The van der Waals surface area contributed by atoms with Gasteiger partial charge >= 0.3 is 0 Å². The molecule has 0 bridgehead atoms. The summed E-state index contributed by atoms with van der Waals surface area (Å²) in [5.41, 5.74) is 3.55. The summed E-state index contributed by atoms with van der Waals surface area (Å²) in [6.07, 6.45) is 6.07. The molecule has 0 radical (unpaired) electrons. The van der Waals surface area contributed by atoms with E-state index in [9.17, 15) is 0 Å². The Balaban J connectivity index is 1.95. The van der Waals surface area contributed by atoms with E-state index in [2.05, 4.69) is 41.8 Å². The molecule has 2 heterocycles. The van der Waals surface area contributed by atoms with E-state index in [1.807, 2.05) is 29.5 Å². The van der Waals surface area contributed by atoms with Crippen LogP contribution >= 0.6 is 0 Å². The molecule has 18 heavy (non-hydrogen) atoms. The average molecular weight is 247 g/mol. The smallest absolute Gasteiger partial charge is 0.0641 e. The van der Waals surface area contributed by atoms with Gasteiger partial charge in [0.2, 0.25) is 0 Å². The quantitative estimate of drug-likeness (QED) is 0.876. The molecule has 0 aromatic carbocycles. The third-order valence-electron chi connectivity index (χ3n) is 3.14. The Morgan fingerprint density at radius 3 is 2.72 bits per heavy atom. The van der Waals surface area contributed by atoms with Gasteiger partial charge in [-0.15, -0.1) is 0 Å². The molecule has 0 amide bonds. The Bertz CT molecular complexity index is 511. The highest BCUT2D eigenvalue weighted by molar-refractivity contribution is 5.19. The van der Waals surface area contributed by atoms with E-state index in [1.165, 1.54) is 11.1 Å². The number of aryl methyl sites for hydroxylation is 3. The van der Waals surface area contributed by atoms with Gasteiger partial charge in [0.05, 0.1) is 11.9 Å². The van der Waals surface area contributed by atoms with Gasteiger partial charge in [-0.1, -0.05) is 0 Å². The Labute approximate surface area is 108 Å². The molecule has 0 saturated heterocycles. The highest BCUT2D eigenvalue weighted by Crippen LogP contribution is 2.15. The van der Waals surface area contributed by atoms with Crippen LogP contribution in [0.2, 0.25) is 0 Å². The van der Waals surface area contributed by atoms with E-state index in [1.54, 1.807) is 0 Å². The summed E-state index contributed by atoms with van der Waals surface area (Å²) in [5, 5.41) is 12.1. The van der Waals surface area contributed by atoms with Crippen LogP contribution in [0.1, 0.15) is 36.7 Å². The van der Waals surface area contributed by atoms with E-state index >= 15 is 0 Å². The van der Waals surface area contributed by atoms with Gasteiger partial charge in [-0.3, -0.25) is 9.36 Å². The van der Waals surface area contributed by atoms with Crippen LogP contribution in [-0.4, -0.2) is 19.6 Å². The summed E-state index contributed by atoms with van der Waals surface area (Å²) in [6, 6.07) is 0.295. The van der Waals surface area contributed by atoms with Gasteiger partial charge in [0, 0.05) is 49.7 Å². The molecule has 0 fully saturated rings. The Kier molecular flexibility index (Phi) is 3.81. The van der Waals surface area contributed by atoms with Gasteiger partial charge in [0.15, 0.2) is 0 Å². The maximum Gasteiger partial charge on any atom is 0.0641 e. The third-order valence-corrected chi connectivity index (χ3v) is 3.14. The molecule has 2 rings (SSSR count). The lowest BCUT2D eigenvalue weighted by Crippen LogP contribution is -2.18. The molecule has 5 heteroatoms. The molecule has 5 nitrogen and oxygen atoms in total. The normalized spacial score (nSPS) is 12.9. The highest BCUT2D eigenvalue weighted by atomic mass is 15.3. The first-order chi connectivity index (χ1) is 8.60. The van der Waals surface area contributed by atoms with Crippen molar-refractivity contribution in [3.63, 3.8) is 0 Å². The molecule has 0 aliphatic rings. The van der Waals surface area contributed by atoms with Crippen LogP contribution in [0, 0.1) is 6.92 Å². The lowest BCUT2D eigenvalue weighted by atomic mass is 10.1. The largest absolute Gasteiger partial charge is 0.306 e. The molecule has 0 saturated carbocycles. The SMILES string of the molecule is CCn1cc(CNC(C)c2cn(C)nc2C)cn1. The van der Waals surface area contributed by atoms with E-state index in [0.29, 0.717) is 6.04 Å². The molecular formula is C13H21N5. The Morgan fingerprint density at radius 2 is 2.17 bits per heavy atom. The molecule has 1 unspecified atom stereocenters. The fraction of sp³-hybridized carbons (Fsp3) is 0.538. The van der Waals surface area contributed by atoms with E-state index in [0.717, 1.165) is 18.8 Å². The second-order valence-corrected chi connectivity index (χ2v) is 4.65. The molecule has 0 aliphatic heterocycles. The summed E-state index contributed by atoms with van der Waals surface area (Å²) >= 11 is 0. The first-order valence-electron chi connectivity index (χ1n) is 6.35. The highest BCUT2D eigenvalue weighted by Gasteiger charge is 2.11. The fourth-order valence-electron chi connectivity index (χ4n) is 2.09. The standard InChI is InChI=1S/C13H21N5/c1-5-18-8-12(7-15-18)6-14-10(2)13-9-17(4)16-11(13)3/h7-10,14H,5-6H2,1-4H3. The molecule has 2 aromatic rings. The van der Waals surface area contributed by atoms with Crippen molar-refractivity contribution < 1.29 is 0 Å². The molecule has 2 aromatic heterocycles. The topological polar surface area (TPSA) is 47.7 Å². The second kappa shape index (κ2) is 5.35. The number of hydrogen-bond acceptors (Lipinski definition) is 3. The molecule has 0 spiro atoms. The van der Waals surface area contributed by atoms with Gasteiger partial charge in [0.1, 0.15) is 0 Å². The first kappa shape index (κ1) is 12.8. The summed E-state index contributed by atoms with van der Waals surface area (Å²) in [6.45, 7) is 8.04. The maximum atomic E-state index is 4.36. The minimum atomic E-state index is 0.295. The van der Waals surface area contributed by atoms with Crippen molar-refractivity contribution in [3.8, 4) is 0 Å². The van der Waals surface area contributed by atoms with Crippen molar-refractivity contribution in [2.75, 3.05) is 0 Å². The summed E-state index contributed by atoms with van der Waals surface area (Å²) in [7, 11) is 1.95. The van der Waals surface area contributed by atoms with Crippen molar-refractivity contribution in [2.24, 2.45) is 7.05 Å². The van der Waals surface area contributed by atoms with Gasteiger partial charge in [-0.25, -0.2) is 0 Å². The van der Waals surface area contributed by atoms with E-state index < -0.39 is 0 Å². The molecule has 0 aliphatic carbocycles. The number of hydrogen-bond donors (Lipinski definition) is 1. The zero-order valence-electron chi connectivity index (χ0n) is 11.5. The van der Waals surface area contributed by atoms with Crippen LogP contribution in [0.5, 0.6) is 0 Å². The van der Waals surface area contributed by atoms with Gasteiger partial charge < -0.3 is 5.32 Å². The van der Waals surface area contributed by atoms with Gasteiger partial charge in [0.25, 0.3) is 0 Å². The minimum Gasteiger partial charge on any atom is -0.306 e. The third kappa shape index (κ3) is 2.79. The lowest BCUT2D eigenvalue weighted by Gasteiger charge is -2.12. The van der Waals surface area contributed by atoms with Crippen molar-refractivity contribution in [3.05, 3.63) is 35.4 Å². The van der Waals surface area contributed by atoms with Crippen LogP contribution in [0.3, 0.4) is 0 Å². The molecule has 98 valence electrons.